The molecule has 17 heavy (non-hydrogen) atoms. The molecule has 1 atom stereocenters. The molecule has 6 heteroatoms. The largest absolute Gasteiger partial charge is 0.313 e. The van der Waals surface area contributed by atoms with Gasteiger partial charge in [0.2, 0.25) is 0 Å². The van der Waals surface area contributed by atoms with Gasteiger partial charge in [-0.2, -0.15) is 5.10 Å². The molecule has 0 aliphatic heterocycles. The first-order chi connectivity index (χ1) is 7.76. The van der Waals surface area contributed by atoms with E-state index in [1.807, 2.05) is 32.6 Å². The van der Waals surface area contributed by atoms with Gasteiger partial charge >= 0.3 is 0 Å². The normalized spacial score (nSPS) is 13.9. The molecule has 0 spiro atoms. The molecule has 5 nitrogen and oxygen atoms in total. The average molecular weight is 259 g/mol. The Bertz CT molecular complexity index is 491. The van der Waals surface area contributed by atoms with Crippen LogP contribution in [0.15, 0.2) is 0 Å². The summed E-state index contributed by atoms with van der Waals surface area (Å²) in [7, 11) is 0.821. The van der Waals surface area contributed by atoms with E-state index < -0.39 is 9.84 Å². The summed E-state index contributed by atoms with van der Waals surface area (Å²) < 4.78 is 24.2. The second-order valence-corrected chi connectivity index (χ2v) is 6.73. The lowest BCUT2D eigenvalue weighted by Crippen LogP contribution is -2.21. The van der Waals surface area contributed by atoms with Gasteiger partial charge in [0.15, 0.2) is 0 Å². The number of hydrogen-bond acceptors (Lipinski definition) is 4. The number of hydrogen-bond donors (Lipinski definition) is 1. The number of aromatic nitrogens is 2. The van der Waals surface area contributed by atoms with Crippen molar-refractivity contribution in [3.05, 3.63) is 17.0 Å². The van der Waals surface area contributed by atoms with Crippen molar-refractivity contribution in [1.82, 2.24) is 15.1 Å². The van der Waals surface area contributed by atoms with Gasteiger partial charge in [0.1, 0.15) is 9.84 Å². The lowest BCUT2D eigenvalue weighted by Gasteiger charge is -2.16. The number of sulfone groups is 1. The van der Waals surface area contributed by atoms with Gasteiger partial charge in [0, 0.05) is 30.6 Å². The molecule has 98 valence electrons. The summed E-state index contributed by atoms with van der Waals surface area (Å²) in [5.74, 6) is 0.187. The van der Waals surface area contributed by atoms with Crippen molar-refractivity contribution >= 4 is 9.84 Å². The first-order valence-corrected chi connectivity index (χ1v) is 7.67. The van der Waals surface area contributed by atoms with Crippen LogP contribution in [-0.4, -0.2) is 37.3 Å². The van der Waals surface area contributed by atoms with Crippen LogP contribution in [0.1, 0.15) is 29.4 Å². The SMILES string of the molecule is CNC(CCS(C)(=O)=O)c1c(C)nn(C)c1C. The van der Waals surface area contributed by atoms with Gasteiger partial charge in [-0.3, -0.25) is 4.68 Å². The Hall–Kier alpha value is -0.880. The van der Waals surface area contributed by atoms with Crippen molar-refractivity contribution in [2.24, 2.45) is 7.05 Å². The summed E-state index contributed by atoms with van der Waals surface area (Å²) in [5.41, 5.74) is 3.15. The topological polar surface area (TPSA) is 64.0 Å². The monoisotopic (exact) mass is 259 g/mol. The summed E-state index contributed by atoms with van der Waals surface area (Å²) >= 11 is 0. The van der Waals surface area contributed by atoms with E-state index in [-0.39, 0.29) is 11.8 Å². The Morgan fingerprint density at radius 2 is 2.00 bits per heavy atom. The highest BCUT2D eigenvalue weighted by molar-refractivity contribution is 7.90. The summed E-state index contributed by atoms with van der Waals surface area (Å²) in [6, 6.07) is 0.0402. The third-order valence-electron chi connectivity index (χ3n) is 3.04. The third-order valence-corrected chi connectivity index (χ3v) is 4.02. The van der Waals surface area contributed by atoms with E-state index in [9.17, 15) is 8.42 Å². The standard InChI is InChI=1S/C11H21N3O2S/c1-8-11(9(2)14(4)13-8)10(12-3)6-7-17(5,15)16/h10,12H,6-7H2,1-5H3. The summed E-state index contributed by atoms with van der Waals surface area (Å²) in [4.78, 5) is 0. The highest BCUT2D eigenvalue weighted by Gasteiger charge is 2.19. The highest BCUT2D eigenvalue weighted by Crippen LogP contribution is 2.23. The second-order valence-electron chi connectivity index (χ2n) is 4.47. The number of nitrogens with one attached hydrogen (secondary N) is 1. The van der Waals surface area contributed by atoms with Crippen molar-refractivity contribution in [2.75, 3.05) is 19.1 Å². The fourth-order valence-electron chi connectivity index (χ4n) is 2.06. The van der Waals surface area contributed by atoms with Gasteiger partial charge in [-0.25, -0.2) is 8.42 Å². The van der Waals surface area contributed by atoms with Crippen LogP contribution in [0.3, 0.4) is 0 Å². The molecule has 1 aromatic heterocycles. The van der Waals surface area contributed by atoms with Gasteiger partial charge in [0.25, 0.3) is 0 Å². The fourth-order valence-corrected chi connectivity index (χ4v) is 2.72. The van der Waals surface area contributed by atoms with E-state index >= 15 is 0 Å². The zero-order chi connectivity index (χ0) is 13.2. The molecule has 0 amide bonds. The van der Waals surface area contributed by atoms with Crippen LogP contribution in [0.25, 0.3) is 0 Å². The molecule has 1 N–H and O–H groups in total. The Kier molecular flexibility index (Phi) is 4.32. The molecule has 0 saturated heterocycles. The van der Waals surface area contributed by atoms with E-state index in [1.165, 1.54) is 6.26 Å². The summed E-state index contributed by atoms with van der Waals surface area (Å²) in [5, 5.41) is 7.52. The lowest BCUT2D eigenvalue weighted by molar-refractivity contribution is 0.554. The van der Waals surface area contributed by atoms with Crippen molar-refractivity contribution in [3.8, 4) is 0 Å². The van der Waals surface area contributed by atoms with Crippen LogP contribution in [-0.2, 0) is 16.9 Å². The fraction of sp³-hybridized carbons (Fsp3) is 0.727. The van der Waals surface area contributed by atoms with Crippen LogP contribution < -0.4 is 5.32 Å². The minimum absolute atomic E-state index is 0.0402. The maximum absolute atomic E-state index is 11.2. The zero-order valence-electron chi connectivity index (χ0n) is 11.1. The minimum Gasteiger partial charge on any atom is -0.313 e. The van der Waals surface area contributed by atoms with Crippen molar-refractivity contribution < 1.29 is 8.42 Å². The number of rotatable bonds is 5. The molecule has 1 unspecified atom stereocenters. The predicted molar refractivity (Wildman–Crippen MR) is 68.8 cm³/mol. The number of aryl methyl sites for hydroxylation is 2. The molecule has 0 aromatic carbocycles. The maximum atomic E-state index is 11.2. The molecule has 0 bridgehead atoms. The molecule has 0 saturated carbocycles. The zero-order valence-corrected chi connectivity index (χ0v) is 11.9. The van der Waals surface area contributed by atoms with E-state index in [4.69, 9.17) is 0 Å². The molecular formula is C11H21N3O2S. The van der Waals surface area contributed by atoms with Crippen LogP contribution in [0.2, 0.25) is 0 Å². The molecule has 1 aromatic rings. The number of nitrogens with zero attached hydrogens (tertiary/aromatic N) is 2. The van der Waals surface area contributed by atoms with Gasteiger partial charge < -0.3 is 5.32 Å². The van der Waals surface area contributed by atoms with E-state index in [0.29, 0.717) is 6.42 Å². The van der Waals surface area contributed by atoms with Gasteiger partial charge in [0.05, 0.1) is 11.4 Å². The molecule has 0 radical (unpaired) electrons. The Labute approximate surface area is 103 Å². The third kappa shape index (κ3) is 3.54. The summed E-state index contributed by atoms with van der Waals surface area (Å²) in [6.07, 6.45) is 1.84. The average Bonchev–Trinajstić information content (AvgIpc) is 2.43. The quantitative estimate of drug-likeness (QED) is 0.847. The molecule has 1 rings (SSSR count). The minimum atomic E-state index is -2.92. The Balaban J connectivity index is 2.94. The van der Waals surface area contributed by atoms with Crippen molar-refractivity contribution in [1.29, 1.82) is 0 Å². The molecule has 1 heterocycles. The Morgan fingerprint density at radius 1 is 1.41 bits per heavy atom. The van der Waals surface area contributed by atoms with Gasteiger partial charge in [-0.15, -0.1) is 0 Å². The first kappa shape index (κ1) is 14.2. The van der Waals surface area contributed by atoms with Crippen LogP contribution >= 0.6 is 0 Å². The highest BCUT2D eigenvalue weighted by atomic mass is 32.2. The van der Waals surface area contributed by atoms with E-state index in [2.05, 4.69) is 10.4 Å². The van der Waals surface area contributed by atoms with E-state index in [0.717, 1.165) is 17.0 Å². The lowest BCUT2D eigenvalue weighted by atomic mass is 10.0. The maximum Gasteiger partial charge on any atom is 0.147 e. The van der Waals surface area contributed by atoms with Crippen LogP contribution in [0, 0.1) is 13.8 Å². The molecule has 0 fully saturated rings. The predicted octanol–water partition coefficient (Wildman–Crippen LogP) is 0.732. The first-order valence-electron chi connectivity index (χ1n) is 5.61. The molecular weight excluding hydrogens is 238 g/mol. The summed E-state index contributed by atoms with van der Waals surface area (Å²) in [6.45, 7) is 3.95. The molecule has 0 aliphatic rings. The van der Waals surface area contributed by atoms with Gasteiger partial charge in [-0.05, 0) is 27.3 Å². The smallest absolute Gasteiger partial charge is 0.147 e. The van der Waals surface area contributed by atoms with Crippen molar-refractivity contribution in [3.63, 3.8) is 0 Å². The Morgan fingerprint density at radius 3 is 2.35 bits per heavy atom. The van der Waals surface area contributed by atoms with Crippen LogP contribution in [0.5, 0.6) is 0 Å². The second kappa shape index (κ2) is 5.18. The van der Waals surface area contributed by atoms with E-state index in [1.54, 1.807) is 0 Å². The van der Waals surface area contributed by atoms with Gasteiger partial charge in [-0.1, -0.05) is 0 Å². The molecule has 0 aliphatic carbocycles. The van der Waals surface area contributed by atoms with Crippen molar-refractivity contribution in [2.45, 2.75) is 26.3 Å². The van der Waals surface area contributed by atoms with Crippen LogP contribution in [0.4, 0.5) is 0 Å².